The Labute approximate surface area is 166 Å². The Bertz CT molecular complexity index is 978. The molecule has 2 aromatic carbocycles. The highest BCUT2D eigenvalue weighted by atomic mass is 35.5. The van der Waals surface area contributed by atoms with Crippen molar-refractivity contribution >= 4 is 40.7 Å². The predicted molar refractivity (Wildman–Crippen MR) is 106 cm³/mol. The van der Waals surface area contributed by atoms with E-state index in [9.17, 15) is 9.59 Å². The zero-order chi connectivity index (χ0) is 19.2. The van der Waals surface area contributed by atoms with Gasteiger partial charge in [-0.25, -0.2) is 0 Å². The monoisotopic (exact) mass is 399 g/mol. The first-order chi connectivity index (χ1) is 13.0. The van der Waals surface area contributed by atoms with Crippen LogP contribution in [-0.2, 0) is 6.54 Å². The quantitative estimate of drug-likeness (QED) is 0.659. The number of carbonyl (C=O) groups is 2. The fourth-order valence-corrected chi connectivity index (χ4v) is 2.68. The van der Waals surface area contributed by atoms with Crippen molar-refractivity contribution in [2.45, 2.75) is 6.54 Å². The molecule has 5 nitrogen and oxygen atoms in total. The first-order valence-corrected chi connectivity index (χ1v) is 8.82. The Balaban J connectivity index is 1.63. The van der Waals surface area contributed by atoms with Crippen LogP contribution < -0.4 is 10.6 Å². The standard InChI is InChI=1S/C20H15Cl2N3O2/c21-17-7-6-14(10-18(17)22)19(26)24-11-13-3-1-5-16(9-13)25-20(27)15-4-2-8-23-12-15/h1-10,12H,11H2,(H,24,26)(H,25,27). The third-order valence-electron chi connectivity index (χ3n) is 3.74. The Hall–Kier alpha value is -2.89. The number of hydrogen-bond acceptors (Lipinski definition) is 3. The summed E-state index contributed by atoms with van der Waals surface area (Å²) in [7, 11) is 0. The van der Waals surface area contributed by atoms with E-state index in [0.717, 1.165) is 5.56 Å². The highest BCUT2D eigenvalue weighted by Crippen LogP contribution is 2.22. The number of nitrogens with zero attached hydrogens (tertiary/aromatic N) is 1. The molecule has 0 spiro atoms. The van der Waals surface area contributed by atoms with E-state index in [1.54, 1.807) is 48.7 Å². The van der Waals surface area contributed by atoms with Gasteiger partial charge in [-0.3, -0.25) is 14.6 Å². The minimum atomic E-state index is -0.265. The van der Waals surface area contributed by atoms with Crippen LogP contribution in [0.3, 0.4) is 0 Å². The second-order valence-corrected chi connectivity index (χ2v) is 6.52. The number of anilines is 1. The van der Waals surface area contributed by atoms with Gasteiger partial charge in [0.1, 0.15) is 0 Å². The third-order valence-corrected chi connectivity index (χ3v) is 4.48. The highest BCUT2D eigenvalue weighted by Gasteiger charge is 2.09. The van der Waals surface area contributed by atoms with E-state index in [4.69, 9.17) is 23.2 Å². The number of benzene rings is 2. The van der Waals surface area contributed by atoms with E-state index in [-0.39, 0.29) is 11.8 Å². The van der Waals surface area contributed by atoms with Gasteiger partial charge in [0.2, 0.25) is 0 Å². The average Bonchev–Trinajstić information content (AvgIpc) is 2.69. The van der Waals surface area contributed by atoms with Gasteiger partial charge in [-0.15, -0.1) is 0 Å². The number of halogens is 2. The van der Waals surface area contributed by atoms with Crippen molar-refractivity contribution in [2.24, 2.45) is 0 Å². The van der Waals surface area contributed by atoms with Crippen molar-refractivity contribution in [1.29, 1.82) is 0 Å². The number of aromatic nitrogens is 1. The van der Waals surface area contributed by atoms with Crippen molar-refractivity contribution in [2.75, 3.05) is 5.32 Å². The smallest absolute Gasteiger partial charge is 0.257 e. The van der Waals surface area contributed by atoms with Gasteiger partial charge in [0.15, 0.2) is 0 Å². The van der Waals surface area contributed by atoms with Crippen molar-refractivity contribution in [3.8, 4) is 0 Å². The first-order valence-electron chi connectivity index (χ1n) is 8.06. The molecule has 0 radical (unpaired) electrons. The van der Waals surface area contributed by atoms with Crippen LogP contribution in [0, 0.1) is 0 Å². The van der Waals surface area contributed by atoms with Gasteiger partial charge in [0.05, 0.1) is 15.6 Å². The van der Waals surface area contributed by atoms with Gasteiger partial charge in [-0.05, 0) is 48.0 Å². The van der Waals surface area contributed by atoms with Gasteiger partial charge in [0.25, 0.3) is 11.8 Å². The fourth-order valence-electron chi connectivity index (χ4n) is 2.38. The minimum Gasteiger partial charge on any atom is -0.348 e. The lowest BCUT2D eigenvalue weighted by molar-refractivity contribution is 0.0950. The lowest BCUT2D eigenvalue weighted by Crippen LogP contribution is -2.22. The van der Waals surface area contributed by atoms with Crippen LogP contribution in [0.4, 0.5) is 5.69 Å². The molecule has 2 N–H and O–H groups in total. The molecule has 7 heteroatoms. The first kappa shape index (κ1) is 18.9. The van der Waals surface area contributed by atoms with Gasteiger partial charge >= 0.3 is 0 Å². The van der Waals surface area contributed by atoms with Crippen LogP contribution in [0.5, 0.6) is 0 Å². The van der Waals surface area contributed by atoms with Crippen molar-refractivity contribution in [3.63, 3.8) is 0 Å². The molecule has 3 aromatic rings. The summed E-state index contributed by atoms with van der Waals surface area (Å²) < 4.78 is 0. The van der Waals surface area contributed by atoms with Gasteiger partial charge in [-0.2, -0.15) is 0 Å². The van der Waals surface area contributed by atoms with Crippen LogP contribution in [0.25, 0.3) is 0 Å². The lowest BCUT2D eigenvalue weighted by Gasteiger charge is -2.09. The molecule has 1 aromatic heterocycles. The molecule has 27 heavy (non-hydrogen) atoms. The van der Waals surface area contributed by atoms with E-state index >= 15 is 0 Å². The maximum atomic E-state index is 12.2. The number of carbonyl (C=O) groups excluding carboxylic acids is 2. The molecule has 0 bridgehead atoms. The van der Waals surface area contributed by atoms with E-state index in [0.29, 0.717) is 33.4 Å². The molecule has 0 saturated carbocycles. The Morgan fingerprint density at radius 3 is 2.48 bits per heavy atom. The minimum absolute atomic E-state index is 0.250. The molecule has 0 aliphatic carbocycles. The number of hydrogen-bond donors (Lipinski definition) is 2. The van der Waals surface area contributed by atoms with Crippen LogP contribution in [-0.4, -0.2) is 16.8 Å². The number of pyridine rings is 1. The Morgan fingerprint density at radius 2 is 1.74 bits per heavy atom. The molecule has 136 valence electrons. The largest absolute Gasteiger partial charge is 0.348 e. The van der Waals surface area contributed by atoms with Gasteiger partial charge < -0.3 is 10.6 Å². The Kier molecular flexibility index (Phi) is 6.06. The molecule has 3 rings (SSSR count). The summed E-state index contributed by atoms with van der Waals surface area (Å²) in [5.41, 5.74) is 2.36. The summed E-state index contributed by atoms with van der Waals surface area (Å²) in [6, 6.07) is 15.3. The number of amides is 2. The molecular formula is C20H15Cl2N3O2. The van der Waals surface area contributed by atoms with Crippen molar-refractivity contribution < 1.29 is 9.59 Å². The zero-order valence-corrected chi connectivity index (χ0v) is 15.6. The van der Waals surface area contributed by atoms with Crippen molar-refractivity contribution in [1.82, 2.24) is 10.3 Å². The van der Waals surface area contributed by atoms with E-state index in [2.05, 4.69) is 15.6 Å². The summed E-state index contributed by atoms with van der Waals surface area (Å²) in [5, 5.41) is 6.34. The van der Waals surface area contributed by atoms with E-state index in [1.165, 1.54) is 12.3 Å². The zero-order valence-electron chi connectivity index (χ0n) is 14.1. The normalized spacial score (nSPS) is 10.3. The fraction of sp³-hybridized carbons (Fsp3) is 0.0500. The SMILES string of the molecule is O=C(NCc1cccc(NC(=O)c2cccnc2)c1)c1ccc(Cl)c(Cl)c1. The summed E-state index contributed by atoms with van der Waals surface area (Å²) in [6.07, 6.45) is 3.10. The number of rotatable bonds is 5. The number of nitrogens with one attached hydrogen (secondary N) is 2. The molecule has 1 heterocycles. The van der Waals surface area contributed by atoms with Gasteiger partial charge in [-0.1, -0.05) is 35.3 Å². The van der Waals surface area contributed by atoms with E-state index in [1.807, 2.05) is 6.07 Å². The third kappa shape index (κ3) is 5.06. The lowest BCUT2D eigenvalue weighted by atomic mass is 10.1. The summed E-state index contributed by atoms with van der Waals surface area (Å²) >= 11 is 11.8. The molecule has 2 amide bonds. The van der Waals surface area contributed by atoms with Crippen LogP contribution in [0.2, 0.25) is 10.0 Å². The molecule has 0 aliphatic heterocycles. The second-order valence-electron chi connectivity index (χ2n) is 5.71. The second kappa shape index (κ2) is 8.66. The topological polar surface area (TPSA) is 71.1 Å². The Morgan fingerprint density at radius 1 is 0.889 bits per heavy atom. The maximum Gasteiger partial charge on any atom is 0.257 e. The summed E-state index contributed by atoms with van der Waals surface area (Å²) in [5.74, 6) is -0.515. The van der Waals surface area contributed by atoms with Crippen LogP contribution in [0.1, 0.15) is 26.3 Å². The average molecular weight is 400 g/mol. The maximum absolute atomic E-state index is 12.2. The molecular weight excluding hydrogens is 385 g/mol. The molecule has 0 unspecified atom stereocenters. The summed E-state index contributed by atoms with van der Waals surface area (Å²) in [6.45, 7) is 0.301. The molecule has 0 aliphatic rings. The van der Waals surface area contributed by atoms with Crippen LogP contribution >= 0.6 is 23.2 Å². The predicted octanol–water partition coefficient (Wildman–Crippen LogP) is 4.57. The highest BCUT2D eigenvalue weighted by molar-refractivity contribution is 6.42. The summed E-state index contributed by atoms with van der Waals surface area (Å²) in [4.78, 5) is 28.4. The molecule has 0 fully saturated rings. The molecule has 0 saturated heterocycles. The van der Waals surface area contributed by atoms with Crippen LogP contribution in [0.15, 0.2) is 67.0 Å². The molecule has 0 atom stereocenters. The van der Waals surface area contributed by atoms with E-state index < -0.39 is 0 Å². The van der Waals surface area contributed by atoms with Crippen molar-refractivity contribution in [3.05, 3.63) is 93.7 Å². The van der Waals surface area contributed by atoms with Gasteiger partial charge in [0, 0.05) is 30.2 Å².